The molecule has 0 unspecified atom stereocenters. The molecule has 0 bridgehead atoms. The molecule has 0 saturated carbocycles. The summed E-state index contributed by atoms with van der Waals surface area (Å²) in [6.07, 6.45) is 1.97. The molecule has 5 heteroatoms. The molecule has 4 N–H and O–H groups in total. The van der Waals surface area contributed by atoms with Gasteiger partial charge in [0.25, 0.3) is 0 Å². The van der Waals surface area contributed by atoms with Crippen LogP contribution in [-0.4, -0.2) is 24.9 Å². The monoisotopic (exact) mass is 261 g/mol. The Morgan fingerprint density at radius 3 is 2.95 bits per heavy atom. The number of primary amides is 1. The fourth-order valence-electron chi connectivity index (χ4n) is 2.24. The van der Waals surface area contributed by atoms with Gasteiger partial charge in [0, 0.05) is 18.7 Å². The van der Waals surface area contributed by atoms with E-state index in [1.54, 1.807) is 18.2 Å². The van der Waals surface area contributed by atoms with Gasteiger partial charge in [-0.05, 0) is 37.1 Å². The summed E-state index contributed by atoms with van der Waals surface area (Å²) in [7, 11) is 0. The third-order valence-electron chi connectivity index (χ3n) is 3.35. The van der Waals surface area contributed by atoms with Crippen molar-refractivity contribution in [2.75, 3.05) is 13.1 Å². The number of nitrogens with one attached hydrogen (secondary N) is 2. The molecule has 1 atom stereocenters. The minimum Gasteiger partial charge on any atom is -0.366 e. The topological polar surface area (TPSA) is 84.2 Å². The van der Waals surface area contributed by atoms with Crippen LogP contribution in [0.3, 0.4) is 0 Å². The Morgan fingerprint density at radius 2 is 2.26 bits per heavy atom. The van der Waals surface area contributed by atoms with Gasteiger partial charge in [0.1, 0.15) is 0 Å². The first kappa shape index (κ1) is 13.5. The molecule has 1 aromatic carbocycles. The van der Waals surface area contributed by atoms with Crippen molar-refractivity contribution in [3.05, 3.63) is 35.4 Å². The smallest absolute Gasteiger partial charge is 0.248 e. The molecule has 0 aromatic heterocycles. The zero-order valence-electron chi connectivity index (χ0n) is 10.8. The van der Waals surface area contributed by atoms with Crippen LogP contribution < -0.4 is 16.4 Å². The van der Waals surface area contributed by atoms with E-state index in [0.717, 1.165) is 31.5 Å². The second-order valence-corrected chi connectivity index (χ2v) is 4.83. The van der Waals surface area contributed by atoms with Gasteiger partial charge >= 0.3 is 0 Å². The van der Waals surface area contributed by atoms with Crippen LogP contribution in [0.15, 0.2) is 24.3 Å². The SMILES string of the molecule is NC(=O)c1cccc(CNC(=O)[C@H]2CCCNC2)c1. The fraction of sp³-hybridized carbons (Fsp3) is 0.429. The third-order valence-corrected chi connectivity index (χ3v) is 3.35. The molecule has 102 valence electrons. The largest absolute Gasteiger partial charge is 0.366 e. The van der Waals surface area contributed by atoms with Crippen molar-refractivity contribution < 1.29 is 9.59 Å². The predicted molar refractivity (Wildman–Crippen MR) is 72.4 cm³/mol. The third kappa shape index (κ3) is 3.79. The standard InChI is InChI=1S/C14H19N3O2/c15-13(18)11-4-1-3-10(7-11)8-17-14(19)12-5-2-6-16-9-12/h1,3-4,7,12,16H,2,5-6,8-9H2,(H2,15,18)(H,17,19)/t12-/m0/s1. The number of carbonyl (C=O) groups is 2. The highest BCUT2D eigenvalue weighted by Gasteiger charge is 2.20. The number of piperidine rings is 1. The van der Waals surface area contributed by atoms with Crippen LogP contribution in [0, 0.1) is 5.92 Å². The number of carbonyl (C=O) groups excluding carboxylic acids is 2. The highest BCUT2D eigenvalue weighted by Crippen LogP contribution is 2.10. The van der Waals surface area contributed by atoms with Crippen molar-refractivity contribution in [3.8, 4) is 0 Å². The molecule has 1 fully saturated rings. The molecule has 19 heavy (non-hydrogen) atoms. The maximum atomic E-state index is 11.9. The quantitative estimate of drug-likeness (QED) is 0.733. The summed E-state index contributed by atoms with van der Waals surface area (Å²) in [5.41, 5.74) is 6.57. The van der Waals surface area contributed by atoms with Crippen LogP contribution in [0.25, 0.3) is 0 Å². The fourth-order valence-corrected chi connectivity index (χ4v) is 2.24. The average Bonchev–Trinajstić information content (AvgIpc) is 2.46. The van der Waals surface area contributed by atoms with Gasteiger partial charge in [-0.1, -0.05) is 12.1 Å². The van der Waals surface area contributed by atoms with E-state index in [-0.39, 0.29) is 11.8 Å². The summed E-state index contributed by atoms with van der Waals surface area (Å²) in [6.45, 7) is 2.16. The molecular formula is C14H19N3O2. The number of amides is 2. The lowest BCUT2D eigenvalue weighted by atomic mass is 9.99. The molecule has 1 saturated heterocycles. The number of hydrogen-bond donors (Lipinski definition) is 3. The Balaban J connectivity index is 1.89. The highest BCUT2D eigenvalue weighted by molar-refractivity contribution is 5.92. The van der Waals surface area contributed by atoms with E-state index in [4.69, 9.17) is 5.73 Å². The average molecular weight is 261 g/mol. The highest BCUT2D eigenvalue weighted by atomic mass is 16.2. The zero-order chi connectivity index (χ0) is 13.7. The van der Waals surface area contributed by atoms with Gasteiger partial charge < -0.3 is 16.4 Å². The van der Waals surface area contributed by atoms with E-state index in [1.165, 1.54) is 0 Å². The minimum atomic E-state index is -0.454. The molecule has 0 radical (unpaired) electrons. The Morgan fingerprint density at radius 1 is 1.42 bits per heavy atom. The van der Waals surface area contributed by atoms with E-state index >= 15 is 0 Å². The van der Waals surface area contributed by atoms with Crippen molar-refractivity contribution in [2.24, 2.45) is 11.7 Å². The van der Waals surface area contributed by atoms with Crippen LogP contribution in [0.4, 0.5) is 0 Å². The molecule has 2 rings (SSSR count). The predicted octanol–water partition coefficient (Wildman–Crippen LogP) is 0.401. The maximum absolute atomic E-state index is 11.9. The van der Waals surface area contributed by atoms with Crippen LogP contribution in [0.5, 0.6) is 0 Å². The Kier molecular flexibility index (Phi) is 4.52. The molecule has 1 aliphatic rings. The van der Waals surface area contributed by atoms with Crippen molar-refractivity contribution in [3.63, 3.8) is 0 Å². The van der Waals surface area contributed by atoms with Crippen molar-refractivity contribution >= 4 is 11.8 Å². The van der Waals surface area contributed by atoms with E-state index < -0.39 is 5.91 Å². The van der Waals surface area contributed by atoms with E-state index in [9.17, 15) is 9.59 Å². The van der Waals surface area contributed by atoms with Gasteiger partial charge in [0.05, 0.1) is 5.92 Å². The van der Waals surface area contributed by atoms with Crippen LogP contribution in [-0.2, 0) is 11.3 Å². The lowest BCUT2D eigenvalue weighted by Gasteiger charge is -2.21. The van der Waals surface area contributed by atoms with E-state index in [0.29, 0.717) is 12.1 Å². The van der Waals surface area contributed by atoms with Gasteiger partial charge in [-0.3, -0.25) is 9.59 Å². The first-order valence-electron chi connectivity index (χ1n) is 6.54. The molecule has 1 aromatic rings. The van der Waals surface area contributed by atoms with E-state index in [1.807, 2.05) is 6.07 Å². The Labute approximate surface area is 112 Å². The summed E-state index contributed by atoms with van der Waals surface area (Å²) in [4.78, 5) is 23.0. The Hall–Kier alpha value is -1.88. The molecule has 0 spiro atoms. The lowest BCUT2D eigenvalue weighted by Crippen LogP contribution is -2.40. The van der Waals surface area contributed by atoms with Crippen LogP contribution in [0.2, 0.25) is 0 Å². The minimum absolute atomic E-state index is 0.0491. The molecule has 2 amide bonds. The maximum Gasteiger partial charge on any atom is 0.248 e. The van der Waals surface area contributed by atoms with Crippen molar-refractivity contribution in [1.82, 2.24) is 10.6 Å². The van der Waals surface area contributed by atoms with Gasteiger partial charge in [-0.25, -0.2) is 0 Å². The zero-order valence-corrected chi connectivity index (χ0v) is 10.8. The summed E-state index contributed by atoms with van der Waals surface area (Å²) < 4.78 is 0. The van der Waals surface area contributed by atoms with Crippen molar-refractivity contribution in [1.29, 1.82) is 0 Å². The van der Waals surface area contributed by atoms with E-state index in [2.05, 4.69) is 10.6 Å². The van der Waals surface area contributed by atoms with Gasteiger partial charge in [0.2, 0.25) is 11.8 Å². The molecule has 1 heterocycles. The number of nitrogens with two attached hydrogens (primary N) is 1. The summed E-state index contributed by atoms with van der Waals surface area (Å²) in [5, 5.41) is 6.12. The summed E-state index contributed by atoms with van der Waals surface area (Å²) >= 11 is 0. The van der Waals surface area contributed by atoms with Gasteiger partial charge in [-0.2, -0.15) is 0 Å². The first-order chi connectivity index (χ1) is 9.16. The van der Waals surface area contributed by atoms with Gasteiger partial charge in [0.15, 0.2) is 0 Å². The molecule has 1 aliphatic heterocycles. The summed E-state index contributed by atoms with van der Waals surface area (Å²) in [5.74, 6) is -0.339. The van der Waals surface area contributed by atoms with Crippen LogP contribution >= 0.6 is 0 Å². The van der Waals surface area contributed by atoms with Gasteiger partial charge in [-0.15, -0.1) is 0 Å². The number of hydrogen-bond acceptors (Lipinski definition) is 3. The molecule has 5 nitrogen and oxygen atoms in total. The van der Waals surface area contributed by atoms with Crippen LogP contribution in [0.1, 0.15) is 28.8 Å². The number of benzene rings is 1. The first-order valence-corrected chi connectivity index (χ1v) is 6.54. The number of rotatable bonds is 4. The second-order valence-electron chi connectivity index (χ2n) is 4.83. The lowest BCUT2D eigenvalue weighted by molar-refractivity contribution is -0.125. The summed E-state index contributed by atoms with van der Waals surface area (Å²) in [6, 6.07) is 7.01. The molecular weight excluding hydrogens is 242 g/mol. The second kappa shape index (κ2) is 6.33. The Bertz CT molecular complexity index is 468. The van der Waals surface area contributed by atoms with Crippen molar-refractivity contribution in [2.45, 2.75) is 19.4 Å². The molecule has 0 aliphatic carbocycles. The normalized spacial score (nSPS) is 18.8.